The van der Waals surface area contributed by atoms with E-state index >= 15 is 4.39 Å². The summed E-state index contributed by atoms with van der Waals surface area (Å²) in [5, 5.41) is 2.07. The minimum atomic E-state index is -3.05. The number of halogens is 2. The number of hydrogen-bond acceptors (Lipinski definition) is 8. The van der Waals surface area contributed by atoms with Gasteiger partial charge in [0.15, 0.2) is 11.5 Å². The predicted molar refractivity (Wildman–Crippen MR) is 150 cm³/mol. The summed E-state index contributed by atoms with van der Waals surface area (Å²) < 4.78 is 44.7. The van der Waals surface area contributed by atoms with E-state index in [-0.39, 0.29) is 23.1 Å². The Hall–Kier alpha value is -4.44. The van der Waals surface area contributed by atoms with Crippen molar-refractivity contribution in [3.8, 4) is 23.3 Å². The Bertz CT molecular complexity index is 1510. The second-order valence-electron chi connectivity index (χ2n) is 8.19. The number of fused-ring (bicyclic) bond motifs is 1. The molecule has 0 spiro atoms. The number of aryl methyl sites for hydroxylation is 1. The average Bonchev–Trinajstić information content (AvgIpc) is 2.94. The van der Waals surface area contributed by atoms with Gasteiger partial charge in [-0.1, -0.05) is 28.8 Å². The Labute approximate surface area is 231 Å². The highest BCUT2D eigenvalue weighted by atomic mass is 31.0. The zero-order valence-electron chi connectivity index (χ0n) is 22.2. The molecule has 2 atom stereocenters. The monoisotopic (exact) mass is 571 g/mol. The van der Waals surface area contributed by atoms with Gasteiger partial charge in [0.05, 0.1) is 37.0 Å². The second kappa shape index (κ2) is 13.1. The topological polar surface area (TPSA) is 125 Å². The van der Waals surface area contributed by atoms with E-state index in [1.165, 1.54) is 38.9 Å². The van der Waals surface area contributed by atoms with Crippen molar-refractivity contribution in [1.82, 2.24) is 20.3 Å². The van der Waals surface area contributed by atoms with Crippen molar-refractivity contribution >= 4 is 37.6 Å². The highest BCUT2D eigenvalue weighted by molar-refractivity contribution is 7.23. The molecule has 0 aliphatic carbocycles. The first-order chi connectivity index (χ1) is 19.0. The van der Waals surface area contributed by atoms with E-state index in [1.807, 2.05) is 6.92 Å². The lowest BCUT2D eigenvalue weighted by Crippen LogP contribution is -2.47. The number of aromatic nitrogens is 3. The molecule has 40 heavy (non-hydrogen) atoms. The third-order valence-corrected chi connectivity index (χ3v) is 6.06. The van der Waals surface area contributed by atoms with Gasteiger partial charge in [-0.05, 0) is 37.6 Å². The van der Waals surface area contributed by atoms with Crippen molar-refractivity contribution in [3.63, 3.8) is 0 Å². The van der Waals surface area contributed by atoms with Gasteiger partial charge >= 0.3 is 0 Å². The predicted octanol–water partition coefficient (Wildman–Crippen LogP) is 4.94. The van der Waals surface area contributed by atoms with Crippen LogP contribution in [-0.4, -0.2) is 46.4 Å². The number of ether oxygens (including phenoxy) is 3. The highest BCUT2D eigenvalue weighted by Crippen LogP contribution is 2.36. The van der Waals surface area contributed by atoms with Crippen LogP contribution in [0.5, 0.6) is 23.3 Å². The Balaban J connectivity index is 1.81. The number of amides is 2. The molecule has 2 amide bonds. The number of allylic oxidation sites excluding steroid dienone is 4. The first-order valence-corrected chi connectivity index (χ1v) is 12.4. The van der Waals surface area contributed by atoms with E-state index in [4.69, 9.17) is 14.2 Å². The van der Waals surface area contributed by atoms with E-state index in [0.717, 1.165) is 6.08 Å². The van der Waals surface area contributed by atoms with Crippen molar-refractivity contribution < 1.29 is 32.6 Å². The zero-order chi connectivity index (χ0) is 29.4. The molecular weight excluding hydrogens is 543 g/mol. The number of hydrogen-bond donors (Lipinski definition) is 2. The van der Waals surface area contributed by atoms with E-state index in [1.54, 1.807) is 34.4 Å². The lowest BCUT2D eigenvalue weighted by atomic mass is 10.2. The van der Waals surface area contributed by atoms with Crippen molar-refractivity contribution in [2.75, 3.05) is 19.5 Å². The van der Waals surface area contributed by atoms with Gasteiger partial charge in [-0.3, -0.25) is 9.59 Å². The normalized spacial score (nSPS) is 13.0. The molecule has 10 nitrogen and oxygen atoms in total. The minimum Gasteiger partial charge on any atom is -0.493 e. The van der Waals surface area contributed by atoms with Gasteiger partial charge in [-0.15, -0.1) is 0 Å². The van der Waals surface area contributed by atoms with Crippen LogP contribution in [0.3, 0.4) is 0 Å². The Morgan fingerprint density at radius 3 is 2.40 bits per heavy atom. The summed E-state index contributed by atoms with van der Waals surface area (Å²) >= 11 is 0. The lowest BCUT2D eigenvalue weighted by Gasteiger charge is -2.20. The molecule has 210 valence electrons. The number of methoxy groups -OCH3 is 2. The Kier molecular flexibility index (Phi) is 9.84. The molecule has 0 bridgehead atoms. The van der Waals surface area contributed by atoms with Crippen LogP contribution < -0.4 is 24.8 Å². The number of benzene rings is 1. The summed E-state index contributed by atoms with van der Waals surface area (Å²) in [6.07, 6.45) is 6.59. The van der Waals surface area contributed by atoms with Crippen LogP contribution in [0.2, 0.25) is 0 Å². The van der Waals surface area contributed by atoms with Crippen molar-refractivity contribution in [2.45, 2.75) is 25.7 Å². The van der Waals surface area contributed by atoms with E-state index in [2.05, 4.69) is 32.2 Å². The number of carbonyl (C=O) groups is 2. The molecule has 0 saturated carbocycles. The number of nitrogens with one attached hydrogen (secondary N) is 2. The van der Waals surface area contributed by atoms with Gasteiger partial charge in [-0.2, -0.15) is 0 Å². The van der Waals surface area contributed by atoms with Crippen molar-refractivity contribution in [1.29, 1.82) is 0 Å². The maximum atomic E-state index is 15.2. The SMILES string of the molecule is C=C(F)/C=C\C(=C/C)NC(=O)C(F)(P)C(=O)Nc1cnc(Oc2ncnc3cc(OC)c(OC)cc23)c(CC)c1. The first kappa shape index (κ1) is 30.1. The second-order valence-corrected chi connectivity index (χ2v) is 8.99. The highest BCUT2D eigenvalue weighted by Gasteiger charge is 2.42. The van der Waals surface area contributed by atoms with Gasteiger partial charge in [0.1, 0.15) is 12.2 Å². The third kappa shape index (κ3) is 6.95. The first-order valence-electron chi connectivity index (χ1n) is 11.9. The summed E-state index contributed by atoms with van der Waals surface area (Å²) in [6.45, 7) is 6.45. The number of nitrogens with zero attached hydrogens (tertiary/aromatic N) is 3. The Morgan fingerprint density at radius 2 is 1.77 bits per heavy atom. The molecule has 13 heteroatoms. The number of carbonyl (C=O) groups excluding carboxylic acids is 2. The lowest BCUT2D eigenvalue weighted by molar-refractivity contribution is -0.135. The molecule has 0 aliphatic heterocycles. The molecule has 0 saturated heterocycles. The standard InChI is InChI=1S/C27H28F2N5O5P/c1-6-16-10-18(34-26(36)27(29,40)25(35)33-17(7-2)9-8-15(3)28)13-30-23(16)39-24-19-11-21(37-4)22(38-5)12-20(19)31-14-32-24/h7-14H,3,6,40H2,1-2,4-5H3,(H,33,35)(H,34,36)/b9-8-,17-7+. The van der Waals surface area contributed by atoms with Crippen LogP contribution in [0.15, 0.2) is 67.1 Å². The van der Waals surface area contributed by atoms with Crippen LogP contribution in [0.25, 0.3) is 10.9 Å². The molecule has 2 aromatic heterocycles. The molecule has 2 N–H and O–H groups in total. The summed E-state index contributed by atoms with van der Waals surface area (Å²) in [5.41, 5.74) is 1.32. The third-order valence-electron chi connectivity index (χ3n) is 5.54. The molecule has 2 unspecified atom stereocenters. The molecule has 3 aromatic rings. The van der Waals surface area contributed by atoms with Crippen LogP contribution in [0, 0.1) is 0 Å². The fourth-order valence-electron chi connectivity index (χ4n) is 3.38. The van der Waals surface area contributed by atoms with Crippen LogP contribution in [0.4, 0.5) is 14.5 Å². The van der Waals surface area contributed by atoms with Crippen LogP contribution in [0.1, 0.15) is 19.4 Å². The fourth-order valence-corrected chi connectivity index (χ4v) is 3.53. The van der Waals surface area contributed by atoms with Gasteiger partial charge in [0, 0.05) is 17.3 Å². The molecule has 0 aliphatic rings. The molecule has 0 fully saturated rings. The quantitative estimate of drug-likeness (QED) is 0.189. The average molecular weight is 572 g/mol. The van der Waals surface area contributed by atoms with Crippen molar-refractivity contribution in [2.24, 2.45) is 0 Å². The minimum absolute atomic E-state index is 0.0748. The molecule has 2 heterocycles. The van der Waals surface area contributed by atoms with Gasteiger partial charge in [-0.25, -0.2) is 23.7 Å². The largest absolute Gasteiger partial charge is 0.493 e. The van der Waals surface area contributed by atoms with Crippen LogP contribution >= 0.6 is 9.24 Å². The van der Waals surface area contributed by atoms with Gasteiger partial charge in [0.2, 0.25) is 11.8 Å². The summed E-state index contributed by atoms with van der Waals surface area (Å²) in [7, 11) is 4.60. The number of anilines is 1. The Morgan fingerprint density at radius 1 is 1.07 bits per heavy atom. The molecule has 0 radical (unpaired) electrons. The summed E-state index contributed by atoms with van der Waals surface area (Å²) in [6, 6.07) is 4.90. The van der Waals surface area contributed by atoms with E-state index in [9.17, 15) is 14.0 Å². The van der Waals surface area contributed by atoms with E-state index < -0.39 is 23.1 Å². The van der Waals surface area contributed by atoms with E-state index in [0.29, 0.717) is 34.4 Å². The fraction of sp³-hybridized carbons (Fsp3) is 0.222. The summed E-state index contributed by atoms with van der Waals surface area (Å²) in [5.74, 6) is -1.94. The molecule has 3 rings (SSSR count). The maximum absolute atomic E-state index is 15.2. The zero-order valence-corrected chi connectivity index (χ0v) is 23.4. The number of rotatable bonds is 11. The number of alkyl halides is 1. The number of pyridine rings is 1. The maximum Gasteiger partial charge on any atom is 0.277 e. The molecular formula is C27H28F2N5O5P. The summed E-state index contributed by atoms with van der Waals surface area (Å²) in [4.78, 5) is 37.9. The smallest absolute Gasteiger partial charge is 0.277 e. The molecule has 1 aromatic carbocycles. The van der Waals surface area contributed by atoms with Crippen LogP contribution in [-0.2, 0) is 16.0 Å². The van der Waals surface area contributed by atoms with Crippen molar-refractivity contribution in [3.05, 3.63) is 72.6 Å². The van der Waals surface area contributed by atoms with Gasteiger partial charge < -0.3 is 24.8 Å². The van der Waals surface area contributed by atoms with Gasteiger partial charge in [0.25, 0.3) is 17.2 Å².